The third kappa shape index (κ3) is 1.97. The Kier molecular flexibility index (Phi) is 2.44. The summed E-state index contributed by atoms with van der Waals surface area (Å²) in [4.78, 5) is 8.84. The molecule has 0 unspecified atom stereocenters. The molecule has 1 aliphatic carbocycles. The minimum absolute atomic E-state index is 0.516. The highest BCUT2D eigenvalue weighted by Crippen LogP contribution is 2.38. The van der Waals surface area contributed by atoms with Crippen LogP contribution in [-0.2, 0) is 0 Å². The predicted octanol–water partition coefficient (Wildman–Crippen LogP) is 2.96. The second kappa shape index (κ2) is 3.82. The largest absolute Gasteiger partial charge is 0.226 e. The van der Waals surface area contributed by atoms with Crippen molar-refractivity contribution in [2.45, 2.75) is 18.8 Å². The first-order valence-corrected chi connectivity index (χ1v) is 6.14. The number of hydrogen-bond donors (Lipinski definition) is 0. The molecule has 0 atom stereocenters. The minimum Gasteiger partial charge on any atom is -0.226 e. The van der Waals surface area contributed by atoms with Gasteiger partial charge in [0.05, 0.1) is 17.4 Å². The second-order valence-corrected chi connectivity index (χ2v) is 5.03. The summed E-state index contributed by atoms with van der Waals surface area (Å²) in [6.45, 7) is 0. The van der Waals surface area contributed by atoms with E-state index < -0.39 is 0 Å². The molecule has 1 aliphatic rings. The van der Waals surface area contributed by atoms with Gasteiger partial charge >= 0.3 is 0 Å². The number of halogens is 2. The zero-order valence-corrected chi connectivity index (χ0v) is 10.6. The van der Waals surface area contributed by atoms with Crippen molar-refractivity contribution in [2.24, 2.45) is 0 Å². The van der Waals surface area contributed by atoms with Gasteiger partial charge in [-0.05, 0) is 28.8 Å². The number of nitrogens with zero attached hydrogens (tertiary/aromatic N) is 4. The van der Waals surface area contributed by atoms with Gasteiger partial charge in [-0.15, -0.1) is 0 Å². The van der Waals surface area contributed by atoms with Gasteiger partial charge < -0.3 is 0 Å². The van der Waals surface area contributed by atoms with Gasteiger partial charge in [0.1, 0.15) is 10.4 Å². The molecule has 0 aromatic carbocycles. The van der Waals surface area contributed by atoms with Crippen LogP contribution in [-0.4, -0.2) is 19.7 Å². The summed E-state index contributed by atoms with van der Waals surface area (Å²) in [5.74, 6) is 2.15. The van der Waals surface area contributed by atoms with E-state index in [1.165, 1.54) is 12.8 Å². The van der Waals surface area contributed by atoms with Crippen LogP contribution in [0.25, 0.3) is 5.82 Å². The standard InChI is InChI=1S/C10H8BrClN4/c11-8-3-9(16-5-7(12)4-13-16)15-10(14-8)6-1-2-6/h3-6H,1-2H2. The first-order valence-electron chi connectivity index (χ1n) is 4.97. The van der Waals surface area contributed by atoms with E-state index in [4.69, 9.17) is 11.6 Å². The van der Waals surface area contributed by atoms with E-state index in [0.29, 0.717) is 10.9 Å². The number of aromatic nitrogens is 4. The SMILES string of the molecule is Clc1cnn(-c2cc(Br)nc(C3CC3)n2)c1. The first kappa shape index (κ1) is 10.2. The Morgan fingerprint density at radius 1 is 1.38 bits per heavy atom. The smallest absolute Gasteiger partial charge is 0.158 e. The Morgan fingerprint density at radius 3 is 2.81 bits per heavy atom. The van der Waals surface area contributed by atoms with E-state index in [0.717, 1.165) is 16.2 Å². The van der Waals surface area contributed by atoms with E-state index >= 15 is 0 Å². The molecule has 0 N–H and O–H groups in total. The molecule has 2 aromatic rings. The zero-order chi connectivity index (χ0) is 11.1. The molecule has 4 nitrogen and oxygen atoms in total. The second-order valence-electron chi connectivity index (χ2n) is 3.78. The highest BCUT2D eigenvalue weighted by atomic mass is 79.9. The summed E-state index contributed by atoms with van der Waals surface area (Å²) in [6.07, 6.45) is 5.67. The van der Waals surface area contributed by atoms with Crippen LogP contribution in [0.5, 0.6) is 0 Å². The molecule has 0 spiro atoms. The third-order valence-electron chi connectivity index (χ3n) is 2.43. The topological polar surface area (TPSA) is 43.6 Å². The van der Waals surface area contributed by atoms with Crippen molar-refractivity contribution in [3.05, 3.63) is 33.9 Å². The predicted molar refractivity (Wildman–Crippen MR) is 63.8 cm³/mol. The zero-order valence-electron chi connectivity index (χ0n) is 8.27. The van der Waals surface area contributed by atoms with Crippen LogP contribution in [0.2, 0.25) is 5.02 Å². The van der Waals surface area contributed by atoms with Crippen LogP contribution in [0.15, 0.2) is 23.1 Å². The maximum absolute atomic E-state index is 5.83. The van der Waals surface area contributed by atoms with Crippen molar-refractivity contribution < 1.29 is 0 Å². The van der Waals surface area contributed by atoms with Crippen molar-refractivity contribution in [3.8, 4) is 5.82 Å². The fraction of sp³-hybridized carbons (Fsp3) is 0.300. The van der Waals surface area contributed by atoms with Crippen molar-refractivity contribution in [3.63, 3.8) is 0 Å². The van der Waals surface area contributed by atoms with Crippen LogP contribution in [0.4, 0.5) is 0 Å². The maximum atomic E-state index is 5.83. The molecule has 1 saturated carbocycles. The fourth-order valence-electron chi connectivity index (χ4n) is 1.49. The highest BCUT2D eigenvalue weighted by Gasteiger charge is 2.27. The van der Waals surface area contributed by atoms with E-state index in [1.54, 1.807) is 17.1 Å². The van der Waals surface area contributed by atoms with Crippen LogP contribution in [0, 0.1) is 0 Å². The average Bonchev–Trinajstić information content (AvgIpc) is 3.01. The van der Waals surface area contributed by atoms with E-state index in [9.17, 15) is 0 Å². The van der Waals surface area contributed by atoms with Crippen molar-refractivity contribution in [1.82, 2.24) is 19.7 Å². The quantitative estimate of drug-likeness (QED) is 0.801. The monoisotopic (exact) mass is 298 g/mol. The molecule has 0 saturated heterocycles. The lowest BCUT2D eigenvalue weighted by atomic mass is 10.4. The average molecular weight is 300 g/mol. The molecule has 2 aromatic heterocycles. The molecule has 3 rings (SSSR count). The van der Waals surface area contributed by atoms with Crippen molar-refractivity contribution >= 4 is 27.5 Å². The summed E-state index contributed by atoms with van der Waals surface area (Å²) in [5, 5.41) is 4.72. The van der Waals surface area contributed by atoms with Gasteiger partial charge in [-0.25, -0.2) is 14.6 Å². The Labute approximate surface area is 106 Å². The minimum atomic E-state index is 0.516. The van der Waals surface area contributed by atoms with Gasteiger partial charge in [0.15, 0.2) is 5.82 Å². The molecular weight excluding hydrogens is 291 g/mol. The number of rotatable bonds is 2. The lowest BCUT2D eigenvalue weighted by molar-refractivity contribution is 0.805. The first-order chi connectivity index (χ1) is 7.72. The summed E-state index contributed by atoms with van der Waals surface area (Å²) in [7, 11) is 0. The molecule has 0 amide bonds. The van der Waals surface area contributed by atoms with Gasteiger partial charge in [0, 0.05) is 12.0 Å². The summed E-state index contributed by atoms with van der Waals surface area (Å²) in [6, 6.07) is 1.83. The summed E-state index contributed by atoms with van der Waals surface area (Å²) < 4.78 is 2.44. The highest BCUT2D eigenvalue weighted by molar-refractivity contribution is 9.10. The van der Waals surface area contributed by atoms with Crippen LogP contribution in [0.3, 0.4) is 0 Å². The Morgan fingerprint density at radius 2 is 2.19 bits per heavy atom. The molecule has 0 bridgehead atoms. The lowest BCUT2D eigenvalue weighted by Crippen LogP contribution is -2.02. The molecule has 6 heteroatoms. The Bertz CT molecular complexity index is 535. The number of hydrogen-bond acceptors (Lipinski definition) is 3. The van der Waals surface area contributed by atoms with Crippen LogP contribution < -0.4 is 0 Å². The van der Waals surface area contributed by atoms with Gasteiger partial charge in [-0.2, -0.15) is 5.10 Å². The van der Waals surface area contributed by atoms with Gasteiger partial charge in [-0.3, -0.25) is 0 Å². The van der Waals surface area contributed by atoms with Crippen molar-refractivity contribution in [1.29, 1.82) is 0 Å². The van der Waals surface area contributed by atoms with E-state index in [2.05, 4.69) is 31.0 Å². The van der Waals surface area contributed by atoms with Gasteiger partial charge in [0.25, 0.3) is 0 Å². The van der Waals surface area contributed by atoms with Crippen molar-refractivity contribution in [2.75, 3.05) is 0 Å². The summed E-state index contributed by atoms with van der Waals surface area (Å²) in [5.41, 5.74) is 0. The molecule has 0 radical (unpaired) electrons. The molecule has 0 aliphatic heterocycles. The molecule has 16 heavy (non-hydrogen) atoms. The molecule has 82 valence electrons. The maximum Gasteiger partial charge on any atom is 0.158 e. The Hall–Kier alpha value is -0.940. The molecular formula is C10H8BrClN4. The van der Waals surface area contributed by atoms with E-state index in [-0.39, 0.29) is 0 Å². The lowest BCUT2D eigenvalue weighted by Gasteiger charge is -2.03. The van der Waals surface area contributed by atoms with Gasteiger partial charge in [0.2, 0.25) is 0 Å². The van der Waals surface area contributed by atoms with E-state index in [1.807, 2.05) is 6.07 Å². The molecule has 1 fully saturated rings. The fourth-order valence-corrected chi connectivity index (χ4v) is 2.01. The molecule has 2 heterocycles. The Balaban J connectivity index is 2.06. The van der Waals surface area contributed by atoms with Gasteiger partial charge in [-0.1, -0.05) is 11.6 Å². The summed E-state index contributed by atoms with van der Waals surface area (Å²) >= 11 is 9.21. The normalized spacial score (nSPS) is 15.4. The third-order valence-corrected chi connectivity index (χ3v) is 3.03. The van der Waals surface area contributed by atoms with Crippen LogP contribution in [0.1, 0.15) is 24.6 Å². The van der Waals surface area contributed by atoms with Crippen LogP contribution >= 0.6 is 27.5 Å².